The third kappa shape index (κ3) is 6.65. The summed E-state index contributed by atoms with van der Waals surface area (Å²) >= 11 is 0. The second-order valence-corrected chi connectivity index (χ2v) is 8.37. The fraction of sp³-hybridized carbons (Fsp3) is 0.200. The molecule has 1 atom stereocenters. The number of carbonyl (C=O) groups is 2. The normalized spacial score (nSPS) is 14.6. The highest BCUT2D eigenvalue weighted by Gasteiger charge is 2.39. The van der Waals surface area contributed by atoms with Gasteiger partial charge in [0.2, 0.25) is 11.9 Å². The zero-order valence-corrected chi connectivity index (χ0v) is 21.2. The number of aromatic nitrogens is 3. The summed E-state index contributed by atoms with van der Waals surface area (Å²) in [4.78, 5) is 26.5. The molecule has 2 aromatic carbocycles. The Kier molecular flexibility index (Phi) is 8.88. The summed E-state index contributed by atoms with van der Waals surface area (Å²) in [5.74, 6) is -3.37. The number of carboxylic acids is 1. The van der Waals surface area contributed by atoms with E-state index in [2.05, 4.69) is 21.5 Å². The lowest BCUT2D eigenvalue weighted by atomic mass is 9.95. The lowest BCUT2D eigenvalue weighted by molar-refractivity contribution is -0.192. The Morgan fingerprint density at radius 1 is 1.07 bits per heavy atom. The summed E-state index contributed by atoms with van der Waals surface area (Å²) in [7, 11) is 0. The van der Waals surface area contributed by atoms with Crippen LogP contribution in [-0.2, 0) is 15.8 Å². The summed E-state index contributed by atoms with van der Waals surface area (Å²) in [6.45, 7) is 1.26. The number of alkyl halides is 6. The van der Waals surface area contributed by atoms with Gasteiger partial charge >= 0.3 is 18.3 Å². The molecule has 0 bridgehead atoms. The monoisotopic (exact) mass is 592 g/mol. The molecule has 0 saturated carbocycles. The van der Waals surface area contributed by atoms with E-state index < -0.39 is 35.8 Å². The SMILES string of the molecule is CC1=C(C#N)[C@@H](c2ccc(C#N)cc2)n2nc(NC(=O)CN)nc2N1c1cccc(C(F)(F)F)c1.O=C(O)C(F)(F)F. The van der Waals surface area contributed by atoms with E-state index >= 15 is 0 Å². The number of carboxylic acid groups (broad SMARTS) is 1. The molecule has 2 heterocycles. The molecule has 0 aliphatic carbocycles. The average molecular weight is 592 g/mol. The maximum absolute atomic E-state index is 13.4. The van der Waals surface area contributed by atoms with Crippen molar-refractivity contribution in [3.8, 4) is 12.1 Å². The van der Waals surface area contributed by atoms with E-state index in [0.29, 0.717) is 16.8 Å². The highest BCUT2D eigenvalue weighted by atomic mass is 19.4. The number of halogens is 6. The van der Waals surface area contributed by atoms with Crippen molar-refractivity contribution in [2.24, 2.45) is 5.73 Å². The molecule has 3 aromatic rings. The van der Waals surface area contributed by atoms with Crippen molar-refractivity contribution in [3.05, 3.63) is 76.5 Å². The lowest BCUT2D eigenvalue weighted by Crippen LogP contribution is -2.31. The first-order chi connectivity index (χ1) is 19.6. The number of hydrogen-bond acceptors (Lipinski definition) is 8. The van der Waals surface area contributed by atoms with Gasteiger partial charge in [-0.3, -0.25) is 15.0 Å². The summed E-state index contributed by atoms with van der Waals surface area (Å²) in [5, 5.41) is 33.0. The summed E-state index contributed by atoms with van der Waals surface area (Å²) in [6, 6.07) is 14.4. The number of amides is 1. The molecule has 0 fully saturated rings. The first kappa shape index (κ1) is 31.1. The minimum atomic E-state index is -5.08. The predicted molar refractivity (Wildman–Crippen MR) is 133 cm³/mol. The first-order valence-corrected chi connectivity index (χ1v) is 11.5. The Morgan fingerprint density at radius 2 is 1.69 bits per heavy atom. The second-order valence-electron chi connectivity index (χ2n) is 8.37. The van der Waals surface area contributed by atoms with Crippen molar-refractivity contribution in [1.82, 2.24) is 14.8 Å². The van der Waals surface area contributed by atoms with Gasteiger partial charge in [0, 0.05) is 11.4 Å². The van der Waals surface area contributed by atoms with Gasteiger partial charge in [-0.15, -0.1) is 5.10 Å². The maximum Gasteiger partial charge on any atom is 0.490 e. The molecular formula is C25H18F6N8O3. The number of nitrogens with two attached hydrogens (primary N) is 1. The van der Waals surface area contributed by atoms with Gasteiger partial charge in [-0.05, 0) is 42.8 Å². The van der Waals surface area contributed by atoms with Crippen LogP contribution in [0.3, 0.4) is 0 Å². The molecule has 1 aliphatic heterocycles. The number of fused-ring (bicyclic) bond motifs is 1. The van der Waals surface area contributed by atoms with Crippen molar-refractivity contribution < 1.29 is 41.0 Å². The number of hydrogen-bond donors (Lipinski definition) is 3. The zero-order valence-electron chi connectivity index (χ0n) is 21.2. The van der Waals surface area contributed by atoms with E-state index in [1.807, 2.05) is 6.07 Å². The Balaban J connectivity index is 0.000000616. The standard InChI is InChI=1S/C23H17F3N8O.C2HF3O2/c1-13-18(11-28)20(15-7-5-14(10-27)6-8-15)34-22(31-21(32-34)30-19(35)12-29)33(13)17-4-2-3-16(9-17)23(24,25)26;3-2(4,5)1(6)7/h2-9,20H,12,29H2,1H3,(H,30,32,35);(H,6,7)/t20-;/m1./s1. The number of aliphatic carboxylic acids is 1. The Bertz CT molecular complexity index is 1610. The molecule has 1 amide bonds. The zero-order chi connectivity index (χ0) is 31.4. The fourth-order valence-corrected chi connectivity index (χ4v) is 3.78. The molecule has 4 N–H and O–H groups in total. The second kappa shape index (κ2) is 12.0. The van der Waals surface area contributed by atoms with Crippen molar-refractivity contribution in [2.45, 2.75) is 25.3 Å². The first-order valence-electron chi connectivity index (χ1n) is 11.5. The van der Waals surface area contributed by atoms with Crippen LogP contribution in [0.4, 0.5) is 43.9 Å². The topological polar surface area (TPSA) is 174 Å². The molecule has 218 valence electrons. The van der Waals surface area contributed by atoms with Crippen LogP contribution in [0.25, 0.3) is 0 Å². The summed E-state index contributed by atoms with van der Waals surface area (Å²) in [5.41, 5.74) is 6.11. The van der Waals surface area contributed by atoms with Gasteiger partial charge in [0.25, 0.3) is 5.95 Å². The Hall–Kier alpha value is -5.42. The number of nitrogens with one attached hydrogen (secondary N) is 1. The Labute approximate surface area is 232 Å². The van der Waals surface area contributed by atoms with Crippen LogP contribution >= 0.6 is 0 Å². The minimum absolute atomic E-state index is 0.0857. The van der Waals surface area contributed by atoms with E-state index in [1.54, 1.807) is 31.2 Å². The maximum atomic E-state index is 13.4. The van der Waals surface area contributed by atoms with Gasteiger partial charge in [0.15, 0.2) is 0 Å². The van der Waals surface area contributed by atoms with Crippen LogP contribution in [0.1, 0.15) is 29.7 Å². The minimum Gasteiger partial charge on any atom is -0.475 e. The quantitative estimate of drug-likeness (QED) is 0.375. The van der Waals surface area contributed by atoms with Crippen LogP contribution in [0.5, 0.6) is 0 Å². The molecule has 1 aliphatic rings. The number of rotatable bonds is 4. The summed E-state index contributed by atoms with van der Waals surface area (Å²) < 4.78 is 73.3. The molecule has 0 spiro atoms. The van der Waals surface area contributed by atoms with Gasteiger partial charge in [-0.1, -0.05) is 18.2 Å². The number of carbonyl (C=O) groups excluding carboxylic acids is 1. The van der Waals surface area contributed by atoms with E-state index in [1.165, 1.54) is 21.7 Å². The van der Waals surface area contributed by atoms with Crippen LogP contribution in [-0.4, -0.2) is 44.5 Å². The van der Waals surface area contributed by atoms with Crippen molar-refractivity contribution in [2.75, 3.05) is 16.8 Å². The number of anilines is 3. The van der Waals surface area contributed by atoms with E-state index in [9.17, 15) is 36.4 Å². The third-order valence-corrected chi connectivity index (χ3v) is 5.64. The molecule has 4 rings (SSSR count). The smallest absolute Gasteiger partial charge is 0.475 e. The summed E-state index contributed by atoms with van der Waals surface area (Å²) in [6.07, 6.45) is -9.67. The largest absolute Gasteiger partial charge is 0.490 e. The number of nitriles is 2. The molecule has 17 heteroatoms. The van der Waals surface area contributed by atoms with Gasteiger partial charge in [0.1, 0.15) is 6.04 Å². The molecular weight excluding hydrogens is 574 g/mol. The number of benzene rings is 2. The van der Waals surface area contributed by atoms with E-state index in [4.69, 9.17) is 20.9 Å². The van der Waals surface area contributed by atoms with Crippen LogP contribution in [0.15, 0.2) is 59.8 Å². The predicted octanol–water partition coefficient (Wildman–Crippen LogP) is 4.24. The molecule has 1 aromatic heterocycles. The molecule has 0 saturated heterocycles. The van der Waals surface area contributed by atoms with Gasteiger partial charge < -0.3 is 10.8 Å². The Morgan fingerprint density at radius 3 is 2.19 bits per heavy atom. The average Bonchev–Trinajstić information content (AvgIpc) is 3.34. The van der Waals surface area contributed by atoms with Crippen molar-refractivity contribution in [3.63, 3.8) is 0 Å². The van der Waals surface area contributed by atoms with Crippen LogP contribution in [0.2, 0.25) is 0 Å². The van der Waals surface area contributed by atoms with Crippen molar-refractivity contribution >= 4 is 29.5 Å². The van der Waals surface area contributed by atoms with Crippen LogP contribution < -0.4 is 16.0 Å². The number of allylic oxidation sites excluding steroid dienone is 2. The van der Waals surface area contributed by atoms with E-state index in [0.717, 1.165) is 12.1 Å². The lowest BCUT2D eigenvalue weighted by Gasteiger charge is -2.34. The highest BCUT2D eigenvalue weighted by molar-refractivity contribution is 5.90. The van der Waals surface area contributed by atoms with Crippen LogP contribution in [0, 0.1) is 22.7 Å². The third-order valence-electron chi connectivity index (χ3n) is 5.64. The highest BCUT2D eigenvalue weighted by Crippen LogP contribution is 2.43. The molecule has 0 unspecified atom stereocenters. The van der Waals surface area contributed by atoms with Gasteiger partial charge in [0.05, 0.1) is 35.4 Å². The van der Waals surface area contributed by atoms with Gasteiger partial charge in [-0.2, -0.15) is 41.9 Å². The fourth-order valence-electron chi connectivity index (χ4n) is 3.78. The van der Waals surface area contributed by atoms with Crippen molar-refractivity contribution in [1.29, 1.82) is 10.5 Å². The van der Waals surface area contributed by atoms with Gasteiger partial charge in [-0.25, -0.2) is 9.48 Å². The number of nitrogens with zero attached hydrogens (tertiary/aromatic N) is 6. The molecule has 42 heavy (non-hydrogen) atoms. The van der Waals surface area contributed by atoms with E-state index in [-0.39, 0.29) is 29.7 Å². The molecule has 0 radical (unpaired) electrons. The molecule has 11 nitrogen and oxygen atoms in total.